The van der Waals surface area contributed by atoms with E-state index >= 15 is 0 Å². The van der Waals surface area contributed by atoms with Crippen molar-refractivity contribution in [2.75, 3.05) is 12.3 Å². The van der Waals surface area contributed by atoms with E-state index in [0.717, 1.165) is 4.31 Å². The van der Waals surface area contributed by atoms with Gasteiger partial charge < -0.3 is 5.73 Å². The van der Waals surface area contributed by atoms with Gasteiger partial charge in [0.05, 0.1) is 11.8 Å². The number of nitrogens with two attached hydrogens (primary N) is 1. The summed E-state index contributed by atoms with van der Waals surface area (Å²) in [6, 6.07) is -0.412. The number of nitrogens with zero attached hydrogens (tertiary/aromatic N) is 1. The van der Waals surface area contributed by atoms with E-state index in [2.05, 4.69) is 0 Å². The van der Waals surface area contributed by atoms with Crippen molar-refractivity contribution >= 4 is 15.9 Å². The topological polar surface area (TPSA) is 80.5 Å². The van der Waals surface area contributed by atoms with Crippen molar-refractivity contribution in [3.8, 4) is 0 Å². The van der Waals surface area contributed by atoms with Crippen LogP contribution in [0.5, 0.6) is 0 Å². The summed E-state index contributed by atoms with van der Waals surface area (Å²) in [5, 5.41) is 0. The molecule has 0 bridgehead atoms. The summed E-state index contributed by atoms with van der Waals surface area (Å²) in [4.78, 5) is 11.1. The molecule has 70 valence electrons. The summed E-state index contributed by atoms with van der Waals surface area (Å²) in [5.74, 6) is -0.413. The van der Waals surface area contributed by atoms with Gasteiger partial charge >= 0.3 is 0 Å². The van der Waals surface area contributed by atoms with Crippen molar-refractivity contribution in [3.05, 3.63) is 0 Å². The van der Waals surface area contributed by atoms with Crippen molar-refractivity contribution in [3.63, 3.8) is 0 Å². The van der Waals surface area contributed by atoms with Gasteiger partial charge in [-0.15, -0.1) is 0 Å². The maximum absolute atomic E-state index is 11.2. The fraction of sp³-hybridized carbons (Fsp3) is 0.833. The third-order valence-electron chi connectivity index (χ3n) is 1.86. The molecule has 0 radical (unpaired) electrons. The Balaban J connectivity index is 2.93. The molecule has 1 amide bonds. The number of carbonyl (C=O) groups excluding carboxylic acids is 1. The molecule has 0 spiro atoms. The van der Waals surface area contributed by atoms with Gasteiger partial charge in [0.15, 0.2) is 0 Å². The second-order valence-corrected chi connectivity index (χ2v) is 4.81. The number of hydrogen-bond donors (Lipinski definition) is 1. The van der Waals surface area contributed by atoms with E-state index in [4.69, 9.17) is 5.73 Å². The zero-order valence-electron chi connectivity index (χ0n) is 6.86. The first kappa shape index (κ1) is 9.47. The molecule has 1 unspecified atom stereocenters. The molecule has 1 atom stereocenters. The van der Waals surface area contributed by atoms with Crippen LogP contribution in [0.2, 0.25) is 0 Å². The van der Waals surface area contributed by atoms with Gasteiger partial charge in [0.2, 0.25) is 15.9 Å². The quantitative estimate of drug-likeness (QED) is 0.602. The number of sulfonamides is 1. The molecule has 1 rings (SSSR count). The van der Waals surface area contributed by atoms with Crippen LogP contribution in [0.4, 0.5) is 0 Å². The third-order valence-corrected chi connectivity index (χ3v) is 3.74. The smallest absolute Gasteiger partial charge is 0.238 e. The Labute approximate surface area is 71.6 Å². The van der Waals surface area contributed by atoms with Crippen LogP contribution in [0.1, 0.15) is 13.3 Å². The number of hydrogen-bond acceptors (Lipinski definition) is 4. The zero-order valence-corrected chi connectivity index (χ0v) is 7.67. The first-order valence-electron chi connectivity index (χ1n) is 3.74. The fourth-order valence-corrected chi connectivity index (χ4v) is 2.86. The molecule has 6 heteroatoms. The maximum Gasteiger partial charge on any atom is 0.238 e. The number of carbonyl (C=O) groups is 1. The molecular formula is C6H12N2O3S. The van der Waals surface area contributed by atoms with Gasteiger partial charge in [0.25, 0.3) is 0 Å². The molecule has 1 aliphatic rings. The standard InChI is InChI=1S/C6H12N2O3S/c1-5(4-7)8-6(9)2-3-12(8,10)11/h5H,2-4,7H2,1H3. The van der Waals surface area contributed by atoms with Gasteiger partial charge in [-0.2, -0.15) is 0 Å². The number of amides is 1. The zero-order chi connectivity index (χ0) is 9.35. The van der Waals surface area contributed by atoms with E-state index in [-0.39, 0.29) is 24.6 Å². The fourth-order valence-electron chi connectivity index (χ4n) is 1.20. The molecule has 1 heterocycles. The third kappa shape index (κ3) is 1.44. The highest BCUT2D eigenvalue weighted by Crippen LogP contribution is 2.17. The Bertz CT molecular complexity index is 285. The Kier molecular flexibility index (Phi) is 2.39. The van der Waals surface area contributed by atoms with E-state index in [9.17, 15) is 13.2 Å². The van der Waals surface area contributed by atoms with Gasteiger partial charge in [-0.3, -0.25) is 4.79 Å². The Morgan fingerprint density at radius 3 is 2.58 bits per heavy atom. The van der Waals surface area contributed by atoms with Crippen LogP contribution >= 0.6 is 0 Å². The molecule has 0 aromatic carbocycles. The molecule has 5 nitrogen and oxygen atoms in total. The van der Waals surface area contributed by atoms with Crippen molar-refractivity contribution in [1.82, 2.24) is 4.31 Å². The average Bonchev–Trinajstić information content (AvgIpc) is 2.25. The summed E-state index contributed by atoms with van der Waals surface area (Å²) < 4.78 is 23.3. The molecule has 1 saturated heterocycles. The van der Waals surface area contributed by atoms with E-state index < -0.39 is 16.1 Å². The Morgan fingerprint density at radius 1 is 1.67 bits per heavy atom. The van der Waals surface area contributed by atoms with Crippen molar-refractivity contribution < 1.29 is 13.2 Å². The molecule has 12 heavy (non-hydrogen) atoms. The van der Waals surface area contributed by atoms with Crippen LogP contribution in [0.25, 0.3) is 0 Å². The van der Waals surface area contributed by atoms with Crippen LogP contribution < -0.4 is 5.73 Å². The lowest BCUT2D eigenvalue weighted by atomic mass is 10.3. The highest BCUT2D eigenvalue weighted by Gasteiger charge is 2.37. The van der Waals surface area contributed by atoms with E-state index in [1.165, 1.54) is 0 Å². The number of rotatable bonds is 2. The molecular weight excluding hydrogens is 180 g/mol. The minimum Gasteiger partial charge on any atom is -0.328 e. The summed E-state index contributed by atoms with van der Waals surface area (Å²) in [6.07, 6.45) is 0.0900. The van der Waals surface area contributed by atoms with Gasteiger partial charge in [0.1, 0.15) is 0 Å². The van der Waals surface area contributed by atoms with E-state index in [1.54, 1.807) is 6.92 Å². The first-order chi connectivity index (χ1) is 5.49. The lowest BCUT2D eigenvalue weighted by Crippen LogP contribution is -2.41. The normalized spacial score (nSPS) is 24.5. The predicted octanol–water partition coefficient (Wildman–Crippen LogP) is -1.10. The molecule has 0 aromatic heterocycles. The van der Waals surface area contributed by atoms with Crippen molar-refractivity contribution in [2.45, 2.75) is 19.4 Å². The van der Waals surface area contributed by atoms with Gasteiger partial charge in [-0.1, -0.05) is 0 Å². The summed E-state index contributed by atoms with van der Waals surface area (Å²) in [7, 11) is -3.34. The molecule has 0 aromatic rings. The average molecular weight is 192 g/mol. The molecule has 1 fully saturated rings. The monoisotopic (exact) mass is 192 g/mol. The van der Waals surface area contributed by atoms with Gasteiger partial charge in [-0.05, 0) is 6.92 Å². The molecule has 0 saturated carbocycles. The maximum atomic E-state index is 11.2. The lowest BCUT2D eigenvalue weighted by Gasteiger charge is -2.21. The van der Waals surface area contributed by atoms with Crippen molar-refractivity contribution in [1.29, 1.82) is 0 Å². The molecule has 1 aliphatic heterocycles. The minimum atomic E-state index is -3.34. The van der Waals surface area contributed by atoms with E-state index in [0.29, 0.717) is 0 Å². The lowest BCUT2D eigenvalue weighted by molar-refractivity contribution is -0.126. The van der Waals surface area contributed by atoms with Crippen LogP contribution in [0.15, 0.2) is 0 Å². The van der Waals surface area contributed by atoms with Crippen LogP contribution in [-0.4, -0.2) is 37.0 Å². The molecule has 2 N–H and O–H groups in total. The van der Waals surface area contributed by atoms with E-state index in [1.807, 2.05) is 0 Å². The predicted molar refractivity (Wildman–Crippen MR) is 43.8 cm³/mol. The van der Waals surface area contributed by atoms with Crippen LogP contribution in [0.3, 0.4) is 0 Å². The Morgan fingerprint density at radius 2 is 2.25 bits per heavy atom. The summed E-state index contributed by atoms with van der Waals surface area (Å²) >= 11 is 0. The van der Waals surface area contributed by atoms with Crippen LogP contribution in [0, 0.1) is 0 Å². The summed E-state index contributed by atoms with van der Waals surface area (Å²) in [6.45, 7) is 1.80. The minimum absolute atomic E-state index is 0.0732. The second kappa shape index (κ2) is 3.02. The van der Waals surface area contributed by atoms with Gasteiger partial charge in [0, 0.05) is 13.0 Å². The van der Waals surface area contributed by atoms with Crippen molar-refractivity contribution in [2.24, 2.45) is 5.73 Å². The Hall–Kier alpha value is -0.620. The highest BCUT2D eigenvalue weighted by molar-refractivity contribution is 7.90. The first-order valence-corrected chi connectivity index (χ1v) is 5.35. The largest absolute Gasteiger partial charge is 0.328 e. The SMILES string of the molecule is CC(CN)N1C(=O)CCS1(=O)=O. The molecule has 0 aliphatic carbocycles. The van der Waals surface area contributed by atoms with Crippen LogP contribution in [-0.2, 0) is 14.8 Å². The van der Waals surface area contributed by atoms with Gasteiger partial charge in [-0.25, -0.2) is 12.7 Å². The highest BCUT2D eigenvalue weighted by atomic mass is 32.2. The second-order valence-electron chi connectivity index (χ2n) is 2.84. The summed E-state index contributed by atoms with van der Waals surface area (Å²) in [5.41, 5.74) is 5.28.